The maximum absolute atomic E-state index is 12.5. The Labute approximate surface area is 244 Å². The molecule has 0 saturated carbocycles. The SMILES string of the molecule is CCCCCCCOC(=O)CCCCCCCCCCCCCCCC(C(=O)OCCCCCCC)C(C)C. The predicted octanol–water partition coefficient (Wildman–Crippen LogP) is 11.1. The summed E-state index contributed by atoms with van der Waals surface area (Å²) in [5.41, 5.74) is 0. The predicted molar refractivity (Wildman–Crippen MR) is 167 cm³/mol. The van der Waals surface area contributed by atoms with Gasteiger partial charge in [0.1, 0.15) is 0 Å². The van der Waals surface area contributed by atoms with E-state index < -0.39 is 0 Å². The molecular weight excluding hydrogens is 484 g/mol. The molecule has 0 aliphatic rings. The van der Waals surface area contributed by atoms with Crippen molar-refractivity contribution in [1.82, 2.24) is 0 Å². The van der Waals surface area contributed by atoms with Crippen molar-refractivity contribution in [3.8, 4) is 0 Å². The highest BCUT2D eigenvalue weighted by Crippen LogP contribution is 2.22. The van der Waals surface area contributed by atoms with Crippen LogP contribution in [-0.2, 0) is 19.1 Å². The lowest BCUT2D eigenvalue weighted by atomic mass is 9.90. The summed E-state index contributed by atoms with van der Waals surface area (Å²) in [6, 6.07) is 0. The van der Waals surface area contributed by atoms with E-state index in [1.54, 1.807) is 0 Å². The van der Waals surface area contributed by atoms with Crippen LogP contribution < -0.4 is 0 Å². The van der Waals surface area contributed by atoms with Gasteiger partial charge in [0.15, 0.2) is 0 Å². The molecule has 0 spiro atoms. The van der Waals surface area contributed by atoms with Crippen molar-refractivity contribution in [2.45, 2.75) is 188 Å². The van der Waals surface area contributed by atoms with Crippen LogP contribution in [0.3, 0.4) is 0 Å². The van der Waals surface area contributed by atoms with E-state index in [2.05, 4.69) is 27.7 Å². The second-order valence-corrected chi connectivity index (χ2v) is 12.2. The first-order chi connectivity index (χ1) is 19.0. The highest BCUT2D eigenvalue weighted by Gasteiger charge is 2.23. The molecule has 1 unspecified atom stereocenters. The van der Waals surface area contributed by atoms with E-state index in [4.69, 9.17) is 9.47 Å². The van der Waals surface area contributed by atoms with Crippen LogP contribution in [0.2, 0.25) is 0 Å². The standard InChI is InChI=1S/C35H68O4/c1-5-7-9-22-26-30-38-34(36)29-25-21-19-17-15-13-11-12-14-16-18-20-24-28-33(32(3)4)35(37)39-31-27-23-10-8-6-2/h32-33H,5-31H2,1-4H3. The van der Waals surface area contributed by atoms with Crippen molar-refractivity contribution < 1.29 is 19.1 Å². The Morgan fingerprint density at radius 3 is 1.33 bits per heavy atom. The lowest BCUT2D eigenvalue weighted by Gasteiger charge is -2.19. The molecule has 0 amide bonds. The largest absolute Gasteiger partial charge is 0.466 e. The second-order valence-electron chi connectivity index (χ2n) is 12.2. The fraction of sp³-hybridized carbons (Fsp3) is 0.943. The fourth-order valence-electron chi connectivity index (χ4n) is 5.25. The molecule has 0 aliphatic carbocycles. The van der Waals surface area contributed by atoms with Crippen molar-refractivity contribution in [3.63, 3.8) is 0 Å². The van der Waals surface area contributed by atoms with E-state index >= 15 is 0 Å². The summed E-state index contributed by atoms with van der Waals surface area (Å²) in [4.78, 5) is 24.3. The molecule has 0 rings (SSSR count). The Kier molecular flexibility index (Phi) is 29.1. The zero-order valence-electron chi connectivity index (χ0n) is 26.9. The highest BCUT2D eigenvalue weighted by atomic mass is 16.5. The van der Waals surface area contributed by atoms with E-state index in [0.717, 1.165) is 38.5 Å². The summed E-state index contributed by atoms with van der Waals surface area (Å²) in [5, 5.41) is 0. The molecule has 0 aromatic carbocycles. The fourth-order valence-corrected chi connectivity index (χ4v) is 5.25. The average molecular weight is 553 g/mol. The van der Waals surface area contributed by atoms with E-state index in [9.17, 15) is 9.59 Å². The quantitative estimate of drug-likeness (QED) is 0.0656. The van der Waals surface area contributed by atoms with Crippen LogP contribution in [0.4, 0.5) is 0 Å². The zero-order valence-corrected chi connectivity index (χ0v) is 26.9. The van der Waals surface area contributed by atoms with Crippen LogP contribution in [0.5, 0.6) is 0 Å². The van der Waals surface area contributed by atoms with Crippen LogP contribution in [-0.4, -0.2) is 25.2 Å². The van der Waals surface area contributed by atoms with Crippen LogP contribution in [0.15, 0.2) is 0 Å². The van der Waals surface area contributed by atoms with Crippen molar-refractivity contribution in [2.75, 3.05) is 13.2 Å². The van der Waals surface area contributed by atoms with Gasteiger partial charge in [-0.15, -0.1) is 0 Å². The molecule has 39 heavy (non-hydrogen) atoms. The van der Waals surface area contributed by atoms with E-state index in [1.165, 1.54) is 116 Å². The molecule has 0 saturated heterocycles. The minimum absolute atomic E-state index is 0.00349. The van der Waals surface area contributed by atoms with Crippen LogP contribution in [0, 0.1) is 11.8 Å². The van der Waals surface area contributed by atoms with E-state index in [-0.39, 0.29) is 17.9 Å². The summed E-state index contributed by atoms with van der Waals surface area (Å²) < 4.78 is 10.9. The Morgan fingerprint density at radius 1 is 0.487 bits per heavy atom. The van der Waals surface area contributed by atoms with Crippen molar-refractivity contribution in [1.29, 1.82) is 0 Å². The van der Waals surface area contributed by atoms with Gasteiger partial charge >= 0.3 is 11.9 Å². The minimum atomic E-state index is -0.00349. The topological polar surface area (TPSA) is 52.6 Å². The molecule has 0 aliphatic heterocycles. The van der Waals surface area contributed by atoms with Crippen molar-refractivity contribution in [2.24, 2.45) is 11.8 Å². The first kappa shape index (κ1) is 37.9. The lowest BCUT2D eigenvalue weighted by molar-refractivity contribution is -0.150. The maximum atomic E-state index is 12.5. The number of ether oxygens (including phenoxy) is 2. The third kappa shape index (κ3) is 26.9. The first-order valence-corrected chi connectivity index (χ1v) is 17.3. The van der Waals surface area contributed by atoms with Crippen molar-refractivity contribution in [3.05, 3.63) is 0 Å². The van der Waals surface area contributed by atoms with Gasteiger partial charge in [0.05, 0.1) is 19.1 Å². The molecule has 4 nitrogen and oxygen atoms in total. The van der Waals surface area contributed by atoms with Crippen LogP contribution >= 0.6 is 0 Å². The number of esters is 2. The summed E-state index contributed by atoms with van der Waals surface area (Å²) >= 11 is 0. The lowest BCUT2D eigenvalue weighted by Crippen LogP contribution is -2.23. The van der Waals surface area contributed by atoms with E-state index in [1.807, 2.05) is 0 Å². The summed E-state index contributed by atoms with van der Waals surface area (Å²) in [5.74, 6) is 0.464. The molecule has 0 fully saturated rings. The monoisotopic (exact) mass is 553 g/mol. The number of carbonyl (C=O) groups is 2. The molecule has 0 radical (unpaired) electrons. The van der Waals surface area contributed by atoms with Crippen LogP contribution in [0.25, 0.3) is 0 Å². The minimum Gasteiger partial charge on any atom is -0.466 e. The molecule has 0 heterocycles. The van der Waals surface area contributed by atoms with E-state index in [0.29, 0.717) is 25.6 Å². The summed E-state index contributed by atoms with van der Waals surface area (Å²) in [7, 11) is 0. The maximum Gasteiger partial charge on any atom is 0.309 e. The van der Waals surface area contributed by atoms with Gasteiger partial charge in [-0.25, -0.2) is 0 Å². The molecule has 0 aromatic rings. The molecule has 0 bridgehead atoms. The second kappa shape index (κ2) is 29.9. The summed E-state index contributed by atoms with van der Waals surface area (Å²) in [6.07, 6.45) is 29.9. The third-order valence-electron chi connectivity index (χ3n) is 8.01. The third-order valence-corrected chi connectivity index (χ3v) is 8.01. The van der Waals surface area contributed by atoms with Gasteiger partial charge in [0.2, 0.25) is 0 Å². The van der Waals surface area contributed by atoms with Crippen molar-refractivity contribution >= 4 is 11.9 Å². The first-order valence-electron chi connectivity index (χ1n) is 17.3. The number of carbonyl (C=O) groups excluding carboxylic acids is 2. The van der Waals surface area contributed by atoms with Gasteiger partial charge in [0.25, 0.3) is 0 Å². The molecule has 0 aromatic heterocycles. The molecule has 4 heteroatoms. The van der Waals surface area contributed by atoms with Crippen LogP contribution in [0.1, 0.15) is 188 Å². The van der Waals surface area contributed by atoms with Gasteiger partial charge in [-0.1, -0.05) is 156 Å². The molecule has 1 atom stereocenters. The normalized spacial score (nSPS) is 12.1. The smallest absolute Gasteiger partial charge is 0.309 e. The number of hydrogen-bond donors (Lipinski definition) is 0. The zero-order chi connectivity index (χ0) is 28.8. The van der Waals surface area contributed by atoms with Gasteiger partial charge in [-0.05, 0) is 31.6 Å². The number of rotatable bonds is 30. The van der Waals surface area contributed by atoms with Gasteiger partial charge < -0.3 is 9.47 Å². The Hall–Kier alpha value is -1.06. The molecular formula is C35H68O4. The Balaban J connectivity index is 3.47. The highest BCUT2D eigenvalue weighted by molar-refractivity contribution is 5.72. The molecule has 232 valence electrons. The van der Waals surface area contributed by atoms with Gasteiger partial charge in [-0.3, -0.25) is 9.59 Å². The van der Waals surface area contributed by atoms with Gasteiger partial charge in [0, 0.05) is 6.42 Å². The average Bonchev–Trinajstić information content (AvgIpc) is 2.92. The number of unbranched alkanes of at least 4 members (excludes halogenated alkanes) is 20. The summed E-state index contributed by atoms with van der Waals surface area (Å²) in [6.45, 7) is 9.95. The Bertz CT molecular complexity index is 531. The Morgan fingerprint density at radius 2 is 0.872 bits per heavy atom. The van der Waals surface area contributed by atoms with Gasteiger partial charge in [-0.2, -0.15) is 0 Å². The molecule has 0 N–H and O–H groups in total. The number of hydrogen-bond acceptors (Lipinski definition) is 4.